The van der Waals surface area contributed by atoms with Crippen LogP contribution in [-0.4, -0.2) is 17.7 Å². The number of nitrogens with one attached hydrogen (secondary N) is 2. The van der Waals surface area contributed by atoms with Crippen molar-refractivity contribution in [2.45, 2.75) is 19.4 Å². The number of hydrogen-bond acceptors (Lipinski definition) is 3. The molecule has 0 saturated carbocycles. The Labute approximate surface area is 132 Å². The molecule has 2 amide bonds. The van der Waals surface area contributed by atoms with Gasteiger partial charge in [-0.3, -0.25) is 0 Å². The number of anilines is 1. The lowest BCUT2D eigenvalue weighted by Crippen LogP contribution is -2.40. The first-order valence-corrected chi connectivity index (χ1v) is 6.95. The number of carbonyl (C=O) groups excluding carboxylic acids is 1. The molecule has 1 aromatic heterocycles. The summed E-state index contributed by atoms with van der Waals surface area (Å²) in [4.78, 5) is 11.8. The Bertz CT molecular complexity index is 685. The summed E-state index contributed by atoms with van der Waals surface area (Å²) < 4.78 is 18.8. The predicted octanol–water partition coefficient (Wildman–Crippen LogP) is 3.41. The fourth-order valence-corrected chi connectivity index (χ4v) is 2.00. The molecule has 0 saturated heterocycles. The van der Waals surface area contributed by atoms with E-state index in [1.54, 1.807) is 19.1 Å². The summed E-state index contributed by atoms with van der Waals surface area (Å²) in [6, 6.07) is 6.51. The van der Waals surface area contributed by atoms with Crippen molar-refractivity contribution in [3.05, 3.63) is 52.7 Å². The van der Waals surface area contributed by atoms with Crippen LogP contribution in [0.2, 0.25) is 5.02 Å². The van der Waals surface area contributed by atoms with Crippen LogP contribution in [0.25, 0.3) is 0 Å². The minimum atomic E-state index is -1.38. The van der Waals surface area contributed by atoms with Crippen LogP contribution < -0.4 is 10.6 Å². The Kier molecular flexibility index (Phi) is 4.73. The van der Waals surface area contributed by atoms with Gasteiger partial charge in [-0.25, -0.2) is 9.18 Å². The minimum absolute atomic E-state index is 0.0431. The molecule has 0 aliphatic rings. The maximum absolute atomic E-state index is 13.5. The predicted molar refractivity (Wildman–Crippen MR) is 81.4 cm³/mol. The van der Waals surface area contributed by atoms with Crippen LogP contribution in [0.3, 0.4) is 0 Å². The number of benzene rings is 1. The molecule has 0 bridgehead atoms. The highest BCUT2D eigenvalue weighted by Crippen LogP contribution is 2.22. The Morgan fingerprint density at radius 2 is 2.14 bits per heavy atom. The van der Waals surface area contributed by atoms with Crippen molar-refractivity contribution in [2.24, 2.45) is 0 Å². The van der Waals surface area contributed by atoms with E-state index in [2.05, 4.69) is 10.6 Å². The maximum Gasteiger partial charge on any atom is 0.319 e. The number of urea groups is 1. The van der Waals surface area contributed by atoms with Gasteiger partial charge in [-0.05, 0) is 44.2 Å². The van der Waals surface area contributed by atoms with Gasteiger partial charge in [0.25, 0.3) is 0 Å². The van der Waals surface area contributed by atoms with Crippen LogP contribution in [0.1, 0.15) is 18.4 Å². The number of aliphatic hydroxyl groups is 1. The Hall–Kier alpha value is -2.05. The molecule has 0 fully saturated rings. The molecule has 0 radical (unpaired) electrons. The topological polar surface area (TPSA) is 74.5 Å². The smallest absolute Gasteiger partial charge is 0.319 e. The van der Waals surface area contributed by atoms with Crippen LogP contribution in [-0.2, 0) is 5.60 Å². The number of hydrogen-bond donors (Lipinski definition) is 3. The van der Waals surface area contributed by atoms with Crippen molar-refractivity contribution in [3.63, 3.8) is 0 Å². The van der Waals surface area contributed by atoms with E-state index in [9.17, 15) is 14.3 Å². The van der Waals surface area contributed by atoms with Gasteiger partial charge in [0.05, 0.1) is 12.2 Å². The molecule has 22 heavy (non-hydrogen) atoms. The van der Waals surface area contributed by atoms with E-state index < -0.39 is 17.4 Å². The van der Waals surface area contributed by atoms with Gasteiger partial charge in [-0.15, -0.1) is 0 Å². The first-order chi connectivity index (χ1) is 10.3. The Balaban J connectivity index is 1.96. The van der Waals surface area contributed by atoms with Crippen molar-refractivity contribution in [2.75, 3.05) is 11.9 Å². The monoisotopic (exact) mass is 326 g/mol. The third kappa shape index (κ3) is 3.99. The molecule has 1 aromatic carbocycles. The van der Waals surface area contributed by atoms with E-state index in [-0.39, 0.29) is 12.2 Å². The molecule has 0 spiro atoms. The van der Waals surface area contributed by atoms with Gasteiger partial charge in [0.2, 0.25) is 0 Å². The summed E-state index contributed by atoms with van der Waals surface area (Å²) >= 11 is 5.74. The van der Waals surface area contributed by atoms with Crippen LogP contribution in [0.15, 0.2) is 34.7 Å². The lowest BCUT2D eigenvalue weighted by Gasteiger charge is -2.21. The summed E-state index contributed by atoms with van der Waals surface area (Å²) in [7, 11) is 0. The maximum atomic E-state index is 13.5. The molecule has 7 heteroatoms. The molecule has 118 valence electrons. The summed E-state index contributed by atoms with van der Waals surface area (Å²) in [6.07, 6.45) is 0. The van der Waals surface area contributed by atoms with Gasteiger partial charge in [-0.2, -0.15) is 0 Å². The number of amides is 2. The molecule has 2 aromatic rings. The van der Waals surface area contributed by atoms with Crippen LogP contribution in [0.4, 0.5) is 14.9 Å². The number of carbonyl (C=O) groups is 1. The molecule has 2 rings (SSSR count). The zero-order valence-electron chi connectivity index (χ0n) is 12.1. The third-order valence-electron chi connectivity index (χ3n) is 3.04. The van der Waals surface area contributed by atoms with Gasteiger partial charge >= 0.3 is 6.03 Å². The highest BCUT2D eigenvalue weighted by atomic mass is 35.5. The fraction of sp³-hybridized carbons (Fsp3) is 0.267. The summed E-state index contributed by atoms with van der Waals surface area (Å²) in [5.74, 6) is 0.382. The quantitative estimate of drug-likeness (QED) is 0.806. The van der Waals surface area contributed by atoms with Crippen LogP contribution >= 0.6 is 11.6 Å². The highest BCUT2D eigenvalue weighted by molar-refractivity contribution is 6.30. The zero-order valence-corrected chi connectivity index (χ0v) is 12.9. The Morgan fingerprint density at radius 1 is 1.41 bits per heavy atom. The van der Waals surface area contributed by atoms with Crippen molar-refractivity contribution in [1.29, 1.82) is 0 Å². The zero-order chi connectivity index (χ0) is 16.3. The lowest BCUT2D eigenvalue weighted by molar-refractivity contribution is 0.0364. The van der Waals surface area contributed by atoms with Gasteiger partial charge in [0, 0.05) is 5.02 Å². The largest absolute Gasteiger partial charge is 0.463 e. The summed E-state index contributed by atoms with van der Waals surface area (Å²) in [5, 5.41) is 15.4. The first kappa shape index (κ1) is 16.3. The van der Waals surface area contributed by atoms with Crippen LogP contribution in [0.5, 0.6) is 0 Å². The SMILES string of the molecule is Cc1ccc(C(C)(O)CNC(=O)Nc2cc(Cl)ccc2F)o1. The molecular weight excluding hydrogens is 311 g/mol. The van der Waals surface area contributed by atoms with Gasteiger partial charge in [0.1, 0.15) is 22.9 Å². The molecule has 1 unspecified atom stereocenters. The second kappa shape index (κ2) is 6.37. The molecule has 1 atom stereocenters. The normalized spacial score (nSPS) is 13.5. The average Bonchev–Trinajstić information content (AvgIpc) is 2.88. The van der Waals surface area contributed by atoms with Gasteiger partial charge in [0.15, 0.2) is 0 Å². The van der Waals surface area contributed by atoms with Crippen molar-refractivity contribution >= 4 is 23.3 Å². The number of furan rings is 1. The number of halogens is 2. The van der Waals surface area contributed by atoms with Crippen LogP contribution in [0, 0.1) is 12.7 Å². The van der Waals surface area contributed by atoms with E-state index in [0.717, 1.165) is 6.07 Å². The number of aryl methyl sites for hydroxylation is 1. The summed E-state index contributed by atoms with van der Waals surface area (Å²) in [5.41, 5.74) is -1.42. The first-order valence-electron chi connectivity index (χ1n) is 6.57. The lowest BCUT2D eigenvalue weighted by atomic mass is 10.0. The van der Waals surface area contributed by atoms with Gasteiger partial charge in [-0.1, -0.05) is 11.6 Å². The molecule has 3 N–H and O–H groups in total. The fourth-order valence-electron chi connectivity index (χ4n) is 1.82. The molecule has 0 aliphatic heterocycles. The highest BCUT2D eigenvalue weighted by Gasteiger charge is 2.27. The Morgan fingerprint density at radius 3 is 2.77 bits per heavy atom. The average molecular weight is 327 g/mol. The second-order valence-corrected chi connectivity index (χ2v) is 5.55. The van der Waals surface area contributed by atoms with Crippen molar-refractivity contribution in [3.8, 4) is 0 Å². The van der Waals surface area contributed by atoms with E-state index in [1.165, 1.54) is 19.1 Å². The van der Waals surface area contributed by atoms with Gasteiger partial charge < -0.3 is 20.2 Å². The second-order valence-electron chi connectivity index (χ2n) is 5.12. The molecule has 5 nitrogen and oxygen atoms in total. The third-order valence-corrected chi connectivity index (χ3v) is 3.28. The van der Waals surface area contributed by atoms with E-state index >= 15 is 0 Å². The van der Waals surface area contributed by atoms with E-state index in [1.807, 2.05) is 0 Å². The van der Waals surface area contributed by atoms with E-state index in [0.29, 0.717) is 16.5 Å². The molecular formula is C15H16ClFN2O3. The standard InChI is InChI=1S/C15H16ClFN2O3/c1-9-3-6-13(22-9)15(2,21)8-18-14(20)19-12-7-10(16)4-5-11(12)17/h3-7,21H,8H2,1-2H3,(H2,18,19,20). The van der Waals surface area contributed by atoms with E-state index in [4.69, 9.17) is 16.0 Å². The number of rotatable bonds is 4. The van der Waals surface area contributed by atoms with Crippen molar-refractivity contribution < 1.29 is 18.7 Å². The van der Waals surface area contributed by atoms with Crippen molar-refractivity contribution in [1.82, 2.24) is 5.32 Å². The molecule has 1 heterocycles. The minimum Gasteiger partial charge on any atom is -0.463 e. The molecule has 0 aliphatic carbocycles. The summed E-state index contributed by atoms with van der Waals surface area (Å²) in [6.45, 7) is 3.15.